The molecule has 0 radical (unpaired) electrons. The maximum absolute atomic E-state index is 11.4. The highest BCUT2D eigenvalue weighted by Gasteiger charge is 2.35. The summed E-state index contributed by atoms with van der Waals surface area (Å²) >= 11 is 1.29. The maximum atomic E-state index is 11.4. The number of benzene rings is 1. The van der Waals surface area contributed by atoms with Gasteiger partial charge in [0.1, 0.15) is 27.7 Å². The summed E-state index contributed by atoms with van der Waals surface area (Å²) in [6.45, 7) is 5.92. The minimum Gasteiger partial charge on any atom is -0.486 e. The average Bonchev–Trinajstić information content (AvgIpc) is 3.05. The van der Waals surface area contributed by atoms with Crippen molar-refractivity contribution in [2.24, 2.45) is 0 Å². The first-order chi connectivity index (χ1) is 10.8. The maximum Gasteiger partial charge on any atom is 0.344 e. The Bertz CT molecular complexity index is 762. The molecule has 2 N–H and O–H groups in total. The van der Waals surface area contributed by atoms with Crippen LogP contribution in [0.25, 0.3) is 0 Å². The highest BCUT2D eigenvalue weighted by Crippen LogP contribution is 2.45. The van der Waals surface area contributed by atoms with Gasteiger partial charge in [-0.1, -0.05) is 18.7 Å². The van der Waals surface area contributed by atoms with E-state index in [2.05, 4.69) is 11.4 Å². The van der Waals surface area contributed by atoms with Gasteiger partial charge in [-0.15, -0.1) is 0 Å². The zero-order chi connectivity index (χ0) is 16.8. The van der Waals surface area contributed by atoms with Crippen molar-refractivity contribution in [2.75, 3.05) is 0 Å². The van der Waals surface area contributed by atoms with E-state index in [4.69, 9.17) is 4.74 Å². The first-order valence-corrected chi connectivity index (χ1v) is 8.38. The molecule has 0 fully saturated rings. The number of fused-ring (bicyclic) bond motifs is 1. The Hall–Kier alpha value is -2.13. The summed E-state index contributed by atoms with van der Waals surface area (Å²) in [5, 5.41) is 21.8. The molecule has 0 spiro atoms. The van der Waals surface area contributed by atoms with Crippen LogP contribution in [0, 0.1) is 11.3 Å². The molecule has 120 valence electrons. The molecule has 0 aliphatic carbocycles. The Morgan fingerprint density at radius 1 is 1.57 bits per heavy atom. The van der Waals surface area contributed by atoms with Gasteiger partial charge in [-0.3, -0.25) is 0 Å². The number of nitrogens with zero attached hydrogens (tertiary/aromatic N) is 1. The molecule has 2 aliphatic rings. The van der Waals surface area contributed by atoms with E-state index in [0.29, 0.717) is 22.6 Å². The lowest BCUT2D eigenvalue weighted by Gasteiger charge is -2.17. The Morgan fingerprint density at radius 3 is 2.87 bits per heavy atom. The van der Waals surface area contributed by atoms with E-state index in [9.17, 15) is 15.2 Å². The number of hydrogen-bond acceptors (Lipinski definition) is 5. The molecule has 1 aromatic rings. The summed E-state index contributed by atoms with van der Waals surface area (Å²) in [6.07, 6.45) is 1.37. The standard InChI is InChI=1S/C17H18N2O3S/c1-4-12-14(16(20)21)23-15(19-12)9-5-10-7-17(2,3)22-13(10)11(6-9)8-18/h5-6,15,19H,4,7H2,1-3H3,(H,20,21). The third-order valence-electron chi connectivity index (χ3n) is 3.97. The van der Waals surface area contributed by atoms with Crippen molar-refractivity contribution in [2.45, 2.75) is 44.6 Å². The van der Waals surface area contributed by atoms with Gasteiger partial charge in [0, 0.05) is 12.1 Å². The molecule has 1 unspecified atom stereocenters. The lowest BCUT2D eigenvalue weighted by molar-refractivity contribution is -0.131. The number of rotatable bonds is 3. The van der Waals surface area contributed by atoms with Gasteiger partial charge in [-0.05, 0) is 43.5 Å². The van der Waals surface area contributed by atoms with Gasteiger partial charge < -0.3 is 15.2 Å². The Kier molecular flexibility index (Phi) is 3.77. The van der Waals surface area contributed by atoms with E-state index >= 15 is 0 Å². The molecule has 6 heteroatoms. The number of carbonyl (C=O) groups is 1. The predicted octanol–water partition coefficient (Wildman–Crippen LogP) is 3.31. The summed E-state index contributed by atoms with van der Waals surface area (Å²) in [5.41, 5.74) is 2.85. The fraction of sp³-hybridized carbons (Fsp3) is 0.412. The predicted molar refractivity (Wildman–Crippen MR) is 88.0 cm³/mol. The van der Waals surface area contributed by atoms with Crippen LogP contribution in [-0.4, -0.2) is 16.7 Å². The zero-order valence-electron chi connectivity index (χ0n) is 13.3. The van der Waals surface area contributed by atoms with Gasteiger partial charge in [0.25, 0.3) is 0 Å². The van der Waals surface area contributed by atoms with E-state index in [1.165, 1.54) is 11.8 Å². The van der Waals surface area contributed by atoms with Gasteiger partial charge in [0.15, 0.2) is 0 Å². The Balaban J connectivity index is 1.95. The molecular formula is C17H18N2O3S. The molecule has 0 amide bonds. The topological polar surface area (TPSA) is 82.3 Å². The largest absolute Gasteiger partial charge is 0.486 e. The molecule has 1 aromatic carbocycles. The zero-order valence-corrected chi connectivity index (χ0v) is 14.1. The van der Waals surface area contributed by atoms with Gasteiger partial charge in [-0.2, -0.15) is 5.26 Å². The quantitative estimate of drug-likeness (QED) is 0.885. The third-order valence-corrected chi connectivity index (χ3v) is 5.25. The van der Waals surface area contributed by atoms with Crippen molar-refractivity contribution < 1.29 is 14.6 Å². The summed E-state index contributed by atoms with van der Waals surface area (Å²) in [5.74, 6) is -0.251. The van der Waals surface area contributed by atoms with E-state index in [1.54, 1.807) is 6.07 Å². The molecule has 0 saturated carbocycles. The number of thioether (sulfide) groups is 1. The smallest absolute Gasteiger partial charge is 0.344 e. The molecule has 23 heavy (non-hydrogen) atoms. The second-order valence-electron chi connectivity index (χ2n) is 6.32. The second-order valence-corrected chi connectivity index (χ2v) is 7.43. The van der Waals surface area contributed by atoms with Crippen LogP contribution in [0.4, 0.5) is 0 Å². The lowest BCUT2D eigenvalue weighted by Crippen LogP contribution is -2.24. The molecule has 0 aromatic heterocycles. The number of carboxylic acid groups (broad SMARTS) is 1. The normalized spacial score (nSPS) is 21.4. The number of aliphatic carboxylic acids is 1. The average molecular weight is 330 g/mol. The first kappa shape index (κ1) is 15.8. The first-order valence-electron chi connectivity index (χ1n) is 7.50. The molecule has 0 saturated heterocycles. The van der Waals surface area contributed by atoms with Crippen LogP contribution >= 0.6 is 11.8 Å². The highest BCUT2D eigenvalue weighted by atomic mass is 32.2. The number of ether oxygens (including phenoxy) is 1. The van der Waals surface area contributed by atoms with E-state index in [1.807, 2.05) is 26.8 Å². The van der Waals surface area contributed by atoms with Crippen molar-refractivity contribution in [3.63, 3.8) is 0 Å². The Labute approximate surface area is 139 Å². The lowest BCUT2D eigenvalue weighted by atomic mass is 9.98. The van der Waals surface area contributed by atoms with Crippen molar-refractivity contribution in [3.8, 4) is 11.8 Å². The van der Waals surface area contributed by atoms with E-state index in [-0.39, 0.29) is 11.0 Å². The Morgan fingerprint density at radius 2 is 2.30 bits per heavy atom. The van der Waals surface area contributed by atoms with Crippen LogP contribution in [0.15, 0.2) is 22.7 Å². The fourth-order valence-corrected chi connectivity index (χ4v) is 4.16. The molecular weight excluding hydrogens is 312 g/mol. The van der Waals surface area contributed by atoms with Gasteiger partial charge in [0.05, 0.1) is 5.56 Å². The van der Waals surface area contributed by atoms with Crippen LogP contribution < -0.4 is 10.1 Å². The minimum absolute atomic E-state index is 0.183. The summed E-state index contributed by atoms with van der Waals surface area (Å²) in [7, 11) is 0. The molecule has 5 nitrogen and oxygen atoms in total. The number of hydrogen-bond donors (Lipinski definition) is 2. The van der Waals surface area contributed by atoms with Gasteiger partial charge in [-0.25, -0.2) is 4.79 Å². The summed E-state index contributed by atoms with van der Waals surface area (Å²) < 4.78 is 5.88. The number of nitriles is 1. The van der Waals surface area contributed by atoms with Gasteiger partial charge in [0.2, 0.25) is 0 Å². The van der Waals surface area contributed by atoms with Crippen LogP contribution in [0.1, 0.15) is 49.3 Å². The van der Waals surface area contributed by atoms with Crippen LogP contribution in [0.5, 0.6) is 5.75 Å². The highest BCUT2D eigenvalue weighted by molar-refractivity contribution is 8.04. The molecule has 1 atom stereocenters. The van der Waals surface area contributed by atoms with Crippen molar-refractivity contribution in [1.29, 1.82) is 5.26 Å². The van der Waals surface area contributed by atoms with Crippen molar-refractivity contribution in [1.82, 2.24) is 5.32 Å². The fourth-order valence-electron chi connectivity index (χ4n) is 3.01. The SMILES string of the molecule is CCC1=C(C(=O)O)SC(c2cc(C#N)c3c(c2)CC(C)(C)O3)N1. The molecule has 2 aliphatic heterocycles. The summed E-state index contributed by atoms with van der Waals surface area (Å²) in [6, 6.07) is 6.01. The minimum atomic E-state index is -0.909. The van der Waals surface area contributed by atoms with Crippen LogP contribution in [-0.2, 0) is 11.2 Å². The van der Waals surface area contributed by atoms with Crippen molar-refractivity contribution in [3.05, 3.63) is 39.4 Å². The molecule has 2 heterocycles. The van der Waals surface area contributed by atoms with E-state index < -0.39 is 5.97 Å². The summed E-state index contributed by atoms with van der Waals surface area (Å²) in [4.78, 5) is 11.7. The van der Waals surface area contributed by atoms with Crippen LogP contribution in [0.3, 0.4) is 0 Å². The van der Waals surface area contributed by atoms with Crippen LogP contribution in [0.2, 0.25) is 0 Å². The van der Waals surface area contributed by atoms with Gasteiger partial charge >= 0.3 is 5.97 Å². The van der Waals surface area contributed by atoms with E-state index in [0.717, 1.165) is 23.2 Å². The molecule has 3 rings (SSSR count). The third kappa shape index (κ3) is 2.77. The monoisotopic (exact) mass is 330 g/mol. The number of nitrogens with one attached hydrogen (secondary N) is 1. The second kappa shape index (κ2) is 5.50. The van der Waals surface area contributed by atoms with Crippen molar-refractivity contribution >= 4 is 17.7 Å². The molecule has 0 bridgehead atoms. The number of allylic oxidation sites excluding steroid dienone is 1. The number of carboxylic acids is 1.